The number of rotatable bonds is 3. The van der Waals surface area contributed by atoms with Gasteiger partial charge in [0.1, 0.15) is 6.61 Å². The molecule has 1 aromatic carbocycles. The number of hydrogen-bond donors (Lipinski definition) is 2. The van der Waals surface area contributed by atoms with Gasteiger partial charge in [-0.25, -0.2) is 0 Å². The Balaban J connectivity index is 2.68. The van der Waals surface area contributed by atoms with Crippen molar-refractivity contribution in [1.29, 1.82) is 0 Å². The Morgan fingerprint density at radius 2 is 2.07 bits per heavy atom. The molecule has 0 saturated heterocycles. The third kappa shape index (κ3) is 3.19. The highest BCUT2D eigenvalue weighted by Crippen LogP contribution is 2.28. The van der Waals surface area contributed by atoms with Gasteiger partial charge in [0, 0.05) is 0 Å². The van der Waals surface area contributed by atoms with Crippen molar-refractivity contribution in [3.8, 4) is 23.3 Å². The number of hydrogen-bond acceptors (Lipinski definition) is 3. The number of aromatic hydroxyl groups is 2. The molecule has 0 amide bonds. The average molecular weight is 206 g/mol. The lowest BCUT2D eigenvalue weighted by Gasteiger charge is -2.11. The van der Waals surface area contributed by atoms with Crippen LogP contribution < -0.4 is 0 Å². The van der Waals surface area contributed by atoms with E-state index in [1.807, 2.05) is 6.92 Å². The third-order valence-corrected chi connectivity index (χ3v) is 2.05. The second-order valence-electron chi connectivity index (χ2n) is 3.13. The summed E-state index contributed by atoms with van der Waals surface area (Å²) in [5.74, 6) is 5.26. The Morgan fingerprint density at radius 3 is 2.67 bits per heavy atom. The van der Waals surface area contributed by atoms with E-state index in [1.165, 1.54) is 12.1 Å². The van der Waals surface area contributed by atoms with Gasteiger partial charge in [0.15, 0.2) is 11.5 Å². The minimum Gasteiger partial charge on any atom is -0.504 e. The number of phenols is 2. The molecular formula is C12H14O3. The van der Waals surface area contributed by atoms with Crippen LogP contribution in [0.2, 0.25) is 0 Å². The molecule has 2 N–H and O–H groups in total. The maximum absolute atomic E-state index is 9.29. The van der Waals surface area contributed by atoms with E-state index < -0.39 is 0 Å². The fraction of sp³-hybridized carbons (Fsp3) is 0.333. The lowest BCUT2D eigenvalue weighted by molar-refractivity contribution is 0.0923. The van der Waals surface area contributed by atoms with Gasteiger partial charge in [-0.15, -0.1) is 5.92 Å². The minimum atomic E-state index is -0.155. The highest BCUT2D eigenvalue weighted by atomic mass is 16.5. The SMILES string of the molecule is CC#CCOC(C)c1ccc(O)c(O)c1. The second kappa shape index (κ2) is 5.28. The standard InChI is InChI=1S/C12H14O3/c1-3-4-7-15-9(2)10-5-6-11(13)12(14)8-10/h5-6,8-9,13-14H,7H2,1-2H3. The first-order valence-corrected chi connectivity index (χ1v) is 4.68. The smallest absolute Gasteiger partial charge is 0.157 e. The Hall–Kier alpha value is -1.66. The zero-order valence-corrected chi connectivity index (χ0v) is 8.82. The Labute approximate surface area is 89.3 Å². The van der Waals surface area contributed by atoms with Crippen LogP contribution in [-0.4, -0.2) is 16.8 Å². The van der Waals surface area contributed by atoms with Crippen LogP contribution in [0.15, 0.2) is 18.2 Å². The summed E-state index contributed by atoms with van der Waals surface area (Å²) in [7, 11) is 0. The monoisotopic (exact) mass is 206 g/mol. The first-order chi connectivity index (χ1) is 7.15. The van der Waals surface area contributed by atoms with Crippen molar-refractivity contribution in [3.05, 3.63) is 23.8 Å². The van der Waals surface area contributed by atoms with Crippen molar-refractivity contribution in [2.24, 2.45) is 0 Å². The molecule has 3 nitrogen and oxygen atoms in total. The van der Waals surface area contributed by atoms with E-state index in [2.05, 4.69) is 11.8 Å². The van der Waals surface area contributed by atoms with Gasteiger partial charge >= 0.3 is 0 Å². The molecule has 3 heteroatoms. The van der Waals surface area contributed by atoms with E-state index in [4.69, 9.17) is 9.84 Å². The molecule has 0 saturated carbocycles. The summed E-state index contributed by atoms with van der Waals surface area (Å²) in [5, 5.41) is 18.4. The zero-order valence-electron chi connectivity index (χ0n) is 8.82. The van der Waals surface area contributed by atoms with Crippen molar-refractivity contribution in [2.75, 3.05) is 6.61 Å². The molecule has 0 fully saturated rings. The highest BCUT2D eigenvalue weighted by Gasteiger charge is 2.07. The van der Waals surface area contributed by atoms with Gasteiger partial charge in [-0.05, 0) is 31.5 Å². The maximum atomic E-state index is 9.29. The van der Waals surface area contributed by atoms with E-state index in [-0.39, 0.29) is 17.6 Å². The molecule has 0 aliphatic carbocycles. The first-order valence-electron chi connectivity index (χ1n) is 4.68. The van der Waals surface area contributed by atoms with Crippen molar-refractivity contribution in [3.63, 3.8) is 0 Å². The summed E-state index contributed by atoms with van der Waals surface area (Å²) in [6, 6.07) is 4.63. The number of ether oxygens (including phenoxy) is 1. The molecule has 0 heterocycles. The van der Waals surface area contributed by atoms with E-state index >= 15 is 0 Å². The van der Waals surface area contributed by atoms with Crippen LogP contribution in [0.3, 0.4) is 0 Å². The second-order valence-corrected chi connectivity index (χ2v) is 3.13. The van der Waals surface area contributed by atoms with Crippen LogP contribution in [0.25, 0.3) is 0 Å². The summed E-state index contributed by atoms with van der Waals surface area (Å²) in [4.78, 5) is 0. The van der Waals surface area contributed by atoms with Crippen molar-refractivity contribution in [1.82, 2.24) is 0 Å². The van der Waals surface area contributed by atoms with Crippen molar-refractivity contribution >= 4 is 0 Å². The minimum absolute atomic E-state index is 0.126. The Morgan fingerprint density at radius 1 is 1.33 bits per heavy atom. The Bertz CT molecular complexity index is 388. The zero-order chi connectivity index (χ0) is 11.3. The molecule has 80 valence electrons. The van der Waals surface area contributed by atoms with Crippen LogP contribution in [0.5, 0.6) is 11.5 Å². The van der Waals surface area contributed by atoms with Crippen molar-refractivity contribution in [2.45, 2.75) is 20.0 Å². The molecule has 1 atom stereocenters. The normalized spacial score (nSPS) is 11.6. The lowest BCUT2D eigenvalue weighted by Crippen LogP contribution is -1.99. The van der Waals surface area contributed by atoms with Gasteiger partial charge in [-0.2, -0.15) is 0 Å². The molecular weight excluding hydrogens is 192 g/mol. The van der Waals surface area contributed by atoms with Gasteiger partial charge < -0.3 is 14.9 Å². The molecule has 0 bridgehead atoms. The summed E-state index contributed by atoms with van der Waals surface area (Å²) in [6.07, 6.45) is -0.155. The van der Waals surface area contributed by atoms with Crippen molar-refractivity contribution < 1.29 is 14.9 Å². The van der Waals surface area contributed by atoms with Gasteiger partial charge in [0.2, 0.25) is 0 Å². The van der Waals surface area contributed by atoms with Crippen LogP contribution in [0.4, 0.5) is 0 Å². The lowest BCUT2D eigenvalue weighted by atomic mass is 10.1. The van der Waals surface area contributed by atoms with E-state index in [1.54, 1.807) is 13.0 Å². The third-order valence-electron chi connectivity index (χ3n) is 2.05. The van der Waals surface area contributed by atoms with Gasteiger partial charge in [-0.1, -0.05) is 12.0 Å². The number of phenolic OH excluding ortho intramolecular Hbond substituents is 2. The largest absolute Gasteiger partial charge is 0.504 e. The van der Waals surface area contributed by atoms with Crippen LogP contribution in [-0.2, 0) is 4.74 Å². The van der Waals surface area contributed by atoms with E-state index in [0.29, 0.717) is 6.61 Å². The molecule has 0 aromatic heterocycles. The molecule has 0 aliphatic rings. The molecule has 1 unspecified atom stereocenters. The molecule has 0 spiro atoms. The molecule has 0 radical (unpaired) electrons. The highest BCUT2D eigenvalue weighted by molar-refractivity contribution is 5.41. The van der Waals surface area contributed by atoms with Crippen LogP contribution in [0.1, 0.15) is 25.5 Å². The summed E-state index contributed by atoms with van der Waals surface area (Å²) in [5.41, 5.74) is 0.809. The predicted molar refractivity (Wildman–Crippen MR) is 57.6 cm³/mol. The average Bonchev–Trinajstić information content (AvgIpc) is 2.22. The predicted octanol–water partition coefficient (Wildman–Crippen LogP) is 2.20. The van der Waals surface area contributed by atoms with Crippen LogP contribution in [0, 0.1) is 11.8 Å². The number of benzene rings is 1. The van der Waals surface area contributed by atoms with E-state index in [0.717, 1.165) is 5.56 Å². The molecule has 0 aliphatic heterocycles. The first kappa shape index (κ1) is 11.4. The fourth-order valence-corrected chi connectivity index (χ4v) is 1.13. The van der Waals surface area contributed by atoms with Gasteiger partial charge in [0.25, 0.3) is 0 Å². The van der Waals surface area contributed by atoms with Gasteiger partial charge in [-0.3, -0.25) is 0 Å². The van der Waals surface area contributed by atoms with E-state index in [9.17, 15) is 5.11 Å². The summed E-state index contributed by atoms with van der Waals surface area (Å²) >= 11 is 0. The quantitative estimate of drug-likeness (QED) is 0.588. The molecule has 1 rings (SSSR count). The summed E-state index contributed by atoms with van der Waals surface area (Å²) in [6.45, 7) is 3.98. The molecule has 15 heavy (non-hydrogen) atoms. The fourth-order valence-electron chi connectivity index (χ4n) is 1.13. The topological polar surface area (TPSA) is 49.7 Å². The summed E-state index contributed by atoms with van der Waals surface area (Å²) < 4.78 is 5.40. The van der Waals surface area contributed by atoms with Gasteiger partial charge in [0.05, 0.1) is 6.10 Å². The molecule has 1 aromatic rings. The maximum Gasteiger partial charge on any atom is 0.157 e. The Kier molecular flexibility index (Phi) is 4.02. The van der Waals surface area contributed by atoms with Crippen LogP contribution >= 0.6 is 0 Å².